The van der Waals surface area contributed by atoms with Crippen LogP contribution in [-0.4, -0.2) is 4.98 Å². The minimum atomic E-state index is -0.0790. The van der Waals surface area contributed by atoms with Gasteiger partial charge < -0.3 is 5.73 Å². The zero-order chi connectivity index (χ0) is 13.3. The average molecular weight is 240 g/mol. The smallest absolute Gasteiger partial charge is 0.0553 e. The Morgan fingerprint density at radius 1 is 0.833 bits per heavy atom. The molecule has 0 amide bonds. The second kappa shape index (κ2) is 4.91. The summed E-state index contributed by atoms with van der Waals surface area (Å²) in [5.74, 6) is 0. The van der Waals surface area contributed by atoms with Gasteiger partial charge in [0.15, 0.2) is 0 Å². The molecule has 0 radical (unpaired) electrons. The van der Waals surface area contributed by atoms with Crippen LogP contribution in [0.15, 0.2) is 30.3 Å². The van der Waals surface area contributed by atoms with Gasteiger partial charge in [-0.25, -0.2) is 0 Å². The molecule has 1 heterocycles. The van der Waals surface area contributed by atoms with Crippen LogP contribution in [0.3, 0.4) is 0 Å². The molecule has 1 unspecified atom stereocenters. The molecular formula is C16H20N2. The Morgan fingerprint density at radius 3 is 2.00 bits per heavy atom. The quantitative estimate of drug-likeness (QED) is 0.874. The van der Waals surface area contributed by atoms with E-state index < -0.39 is 0 Å². The molecule has 0 aliphatic heterocycles. The van der Waals surface area contributed by atoms with Crippen LogP contribution < -0.4 is 5.73 Å². The molecular weight excluding hydrogens is 220 g/mol. The number of nitrogens with zero attached hydrogens (tertiary/aromatic N) is 1. The van der Waals surface area contributed by atoms with Gasteiger partial charge in [-0.2, -0.15) is 0 Å². The van der Waals surface area contributed by atoms with Gasteiger partial charge >= 0.3 is 0 Å². The van der Waals surface area contributed by atoms with Gasteiger partial charge in [0.2, 0.25) is 0 Å². The number of rotatable bonds is 2. The molecule has 0 bridgehead atoms. The van der Waals surface area contributed by atoms with E-state index in [0.29, 0.717) is 0 Å². The van der Waals surface area contributed by atoms with E-state index in [1.54, 1.807) is 0 Å². The maximum atomic E-state index is 6.35. The molecule has 2 nitrogen and oxygen atoms in total. The molecule has 1 aromatic heterocycles. The summed E-state index contributed by atoms with van der Waals surface area (Å²) >= 11 is 0. The summed E-state index contributed by atoms with van der Waals surface area (Å²) in [6.45, 7) is 8.24. The van der Waals surface area contributed by atoms with Crippen molar-refractivity contribution in [2.24, 2.45) is 5.73 Å². The summed E-state index contributed by atoms with van der Waals surface area (Å²) in [6, 6.07) is 10.5. The fourth-order valence-electron chi connectivity index (χ4n) is 2.20. The lowest BCUT2D eigenvalue weighted by Gasteiger charge is -2.15. The van der Waals surface area contributed by atoms with Crippen molar-refractivity contribution >= 4 is 0 Å². The van der Waals surface area contributed by atoms with Gasteiger partial charge in [-0.05, 0) is 62.1 Å². The number of nitrogens with two attached hydrogens (primary N) is 1. The molecule has 2 N–H and O–H groups in total. The first-order valence-corrected chi connectivity index (χ1v) is 6.25. The van der Waals surface area contributed by atoms with E-state index in [2.05, 4.69) is 49.2 Å². The monoisotopic (exact) mass is 240 g/mol. The van der Waals surface area contributed by atoms with E-state index in [9.17, 15) is 0 Å². The van der Waals surface area contributed by atoms with Gasteiger partial charge in [0, 0.05) is 11.4 Å². The van der Waals surface area contributed by atoms with E-state index in [-0.39, 0.29) is 6.04 Å². The fourth-order valence-corrected chi connectivity index (χ4v) is 2.20. The third-order valence-electron chi connectivity index (χ3n) is 3.35. The van der Waals surface area contributed by atoms with Crippen LogP contribution in [-0.2, 0) is 0 Å². The second-order valence-electron chi connectivity index (χ2n) is 5.00. The Bertz CT molecular complexity index is 553. The minimum Gasteiger partial charge on any atom is -0.320 e. The molecule has 0 fully saturated rings. The largest absolute Gasteiger partial charge is 0.320 e. The van der Waals surface area contributed by atoms with Crippen LogP contribution in [0.5, 0.6) is 0 Å². The van der Waals surface area contributed by atoms with Crippen molar-refractivity contribution < 1.29 is 0 Å². The second-order valence-corrected chi connectivity index (χ2v) is 5.00. The lowest BCUT2D eigenvalue weighted by Crippen LogP contribution is -2.13. The van der Waals surface area contributed by atoms with E-state index in [0.717, 1.165) is 22.5 Å². The average Bonchev–Trinajstić information content (AvgIpc) is 2.30. The highest BCUT2D eigenvalue weighted by atomic mass is 14.7. The highest BCUT2D eigenvalue weighted by Crippen LogP contribution is 2.22. The van der Waals surface area contributed by atoms with Crippen molar-refractivity contribution in [3.63, 3.8) is 0 Å². The molecule has 0 saturated carbocycles. The Hall–Kier alpha value is -1.67. The number of hydrogen-bond donors (Lipinski definition) is 1. The van der Waals surface area contributed by atoms with Gasteiger partial charge in [0.1, 0.15) is 0 Å². The zero-order valence-electron chi connectivity index (χ0n) is 11.5. The molecule has 1 atom stereocenters. The van der Waals surface area contributed by atoms with Crippen LogP contribution in [0, 0.1) is 27.7 Å². The standard InChI is InChI=1S/C16H20N2/c1-10-5-6-14(7-11(10)2)16(17)15-8-12(3)18-13(4)9-15/h5-9,16H,17H2,1-4H3. The maximum absolute atomic E-state index is 6.35. The minimum absolute atomic E-state index is 0.0790. The number of benzene rings is 1. The topological polar surface area (TPSA) is 38.9 Å². The lowest BCUT2D eigenvalue weighted by atomic mass is 9.96. The zero-order valence-corrected chi connectivity index (χ0v) is 11.5. The molecule has 0 aliphatic rings. The van der Waals surface area contributed by atoms with Crippen molar-refractivity contribution in [2.75, 3.05) is 0 Å². The van der Waals surface area contributed by atoms with Crippen LogP contribution >= 0.6 is 0 Å². The van der Waals surface area contributed by atoms with Crippen molar-refractivity contribution in [3.05, 3.63) is 64.0 Å². The summed E-state index contributed by atoms with van der Waals surface area (Å²) in [4.78, 5) is 4.39. The molecule has 0 saturated heterocycles. The van der Waals surface area contributed by atoms with Crippen molar-refractivity contribution in [3.8, 4) is 0 Å². The molecule has 2 aromatic rings. The first kappa shape index (κ1) is 12.8. The van der Waals surface area contributed by atoms with Crippen LogP contribution in [0.2, 0.25) is 0 Å². The summed E-state index contributed by atoms with van der Waals surface area (Å²) < 4.78 is 0. The van der Waals surface area contributed by atoms with Crippen LogP contribution in [0.4, 0.5) is 0 Å². The molecule has 1 aromatic carbocycles. The third kappa shape index (κ3) is 2.59. The van der Waals surface area contributed by atoms with Crippen LogP contribution in [0.25, 0.3) is 0 Å². The van der Waals surface area contributed by atoms with Gasteiger partial charge in [0.05, 0.1) is 6.04 Å². The van der Waals surface area contributed by atoms with Crippen LogP contribution in [0.1, 0.15) is 39.7 Å². The normalized spacial score (nSPS) is 12.5. The van der Waals surface area contributed by atoms with E-state index in [1.807, 2.05) is 13.8 Å². The molecule has 94 valence electrons. The fraction of sp³-hybridized carbons (Fsp3) is 0.312. The molecule has 2 heteroatoms. The number of aromatic nitrogens is 1. The van der Waals surface area contributed by atoms with Gasteiger partial charge in [0.25, 0.3) is 0 Å². The SMILES string of the molecule is Cc1cc(C(N)c2ccc(C)c(C)c2)cc(C)n1. The summed E-state index contributed by atoms with van der Waals surface area (Å²) in [5.41, 5.74) is 13.2. The van der Waals surface area contributed by atoms with Crippen molar-refractivity contribution in [2.45, 2.75) is 33.7 Å². The number of aryl methyl sites for hydroxylation is 4. The number of pyridine rings is 1. The lowest BCUT2D eigenvalue weighted by molar-refractivity contribution is 0.857. The van der Waals surface area contributed by atoms with E-state index in [1.165, 1.54) is 11.1 Å². The van der Waals surface area contributed by atoms with Crippen molar-refractivity contribution in [1.29, 1.82) is 0 Å². The summed E-state index contributed by atoms with van der Waals surface area (Å²) in [6.07, 6.45) is 0. The first-order chi connectivity index (χ1) is 8.47. The van der Waals surface area contributed by atoms with Gasteiger partial charge in [-0.15, -0.1) is 0 Å². The summed E-state index contributed by atoms with van der Waals surface area (Å²) in [7, 11) is 0. The van der Waals surface area contributed by atoms with E-state index >= 15 is 0 Å². The predicted octanol–water partition coefficient (Wildman–Crippen LogP) is 3.36. The molecule has 2 rings (SSSR count). The summed E-state index contributed by atoms with van der Waals surface area (Å²) in [5, 5.41) is 0. The Balaban J connectivity index is 2.40. The highest BCUT2D eigenvalue weighted by Gasteiger charge is 2.10. The van der Waals surface area contributed by atoms with Gasteiger partial charge in [-0.1, -0.05) is 18.2 Å². The Kier molecular flexibility index (Phi) is 3.48. The molecule has 18 heavy (non-hydrogen) atoms. The van der Waals surface area contributed by atoms with Gasteiger partial charge in [-0.3, -0.25) is 4.98 Å². The number of hydrogen-bond acceptors (Lipinski definition) is 2. The third-order valence-corrected chi connectivity index (χ3v) is 3.35. The van der Waals surface area contributed by atoms with E-state index in [4.69, 9.17) is 5.73 Å². The Morgan fingerprint density at radius 2 is 1.44 bits per heavy atom. The highest BCUT2D eigenvalue weighted by molar-refractivity contribution is 5.37. The maximum Gasteiger partial charge on any atom is 0.0553 e. The predicted molar refractivity (Wildman–Crippen MR) is 75.7 cm³/mol. The molecule has 0 spiro atoms. The van der Waals surface area contributed by atoms with Crippen molar-refractivity contribution in [1.82, 2.24) is 4.98 Å². The first-order valence-electron chi connectivity index (χ1n) is 6.25. The Labute approximate surface area is 109 Å². The molecule has 0 aliphatic carbocycles.